The van der Waals surface area contributed by atoms with Crippen LogP contribution in [-0.2, 0) is 9.59 Å². The number of carbonyl (C=O) groups is 3. The van der Waals surface area contributed by atoms with Crippen LogP contribution in [0, 0.1) is 5.41 Å². The highest BCUT2D eigenvalue weighted by atomic mass is 16.2. The summed E-state index contributed by atoms with van der Waals surface area (Å²) in [6.07, 6.45) is 22.2. The quantitative estimate of drug-likeness (QED) is 0.0465. The summed E-state index contributed by atoms with van der Waals surface area (Å²) in [6, 6.07) is 17.4. The molecule has 2 aromatic carbocycles. The number of hydrogen-bond donors (Lipinski definition) is 3. The van der Waals surface area contributed by atoms with E-state index in [0.717, 1.165) is 49.8 Å². The topological polar surface area (TPSA) is 108 Å². The summed E-state index contributed by atoms with van der Waals surface area (Å²) in [5, 5.41) is 9.60. The van der Waals surface area contributed by atoms with Crippen molar-refractivity contribution in [2.75, 3.05) is 10.6 Å². The molecule has 0 aliphatic carbocycles. The van der Waals surface area contributed by atoms with Crippen LogP contribution in [0.3, 0.4) is 0 Å². The van der Waals surface area contributed by atoms with Gasteiger partial charge >= 0.3 is 0 Å². The van der Waals surface area contributed by atoms with Gasteiger partial charge in [-0.3, -0.25) is 19.5 Å². The molecule has 0 saturated heterocycles. The van der Waals surface area contributed by atoms with Crippen molar-refractivity contribution < 1.29 is 14.4 Å². The van der Waals surface area contributed by atoms with Gasteiger partial charge in [-0.2, -0.15) is 0 Å². The fourth-order valence-corrected chi connectivity index (χ4v) is 7.01. The van der Waals surface area contributed by atoms with Crippen molar-refractivity contribution in [3.63, 3.8) is 0 Å². The molecule has 54 heavy (non-hydrogen) atoms. The number of H-pyrrole nitrogens is 1. The van der Waals surface area contributed by atoms with Gasteiger partial charge in [0.15, 0.2) is 11.4 Å². The van der Waals surface area contributed by atoms with Gasteiger partial charge in [-0.1, -0.05) is 168 Å². The first-order valence-corrected chi connectivity index (χ1v) is 21.1. The van der Waals surface area contributed by atoms with Gasteiger partial charge in [0.1, 0.15) is 11.4 Å². The number of rotatable bonds is 25. The molecule has 4 aromatic rings. The lowest BCUT2D eigenvalue weighted by molar-refractivity contribution is -0.117. The van der Waals surface area contributed by atoms with Gasteiger partial charge in [0, 0.05) is 41.3 Å². The van der Waals surface area contributed by atoms with Crippen molar-refractivity contribution >= 4 is 34.6 Å². The number of benzene rings is 2. The lowest BCUT2D eigenvalue weighted by atomic mass is 9.87. The zero-order valence-corrected chi connectivity index (χ0v) is 34.0. The molecule has 0 unspecified atom stereocenters. The van der Waals surface area contributed by atoms with Crippen molar-refractivity contribution in [3.05, 3.63) is 60.3 Å². The van der Waals surface area contributed by atoms with Crippen LogP contribution in [0.5, 0.6) is 0 Å². The first-order valence-electron chi connectivity index (χ1n) is 21.1. The molecule has 0 fully saturated rings. The second-order valence-corrected chi connectivity index (χ2v) is 16.2. The molecule has 4 rings (SSSR count). The van der Waals surface area contributed by atoms with Crippen molar-refractivity contribution in [3.8, 4) is 22.5 Å². The standard InChI is InChI=1S/C46H67N5O3/c1-6-8-10-12-14-16-18-20-25-29-41(52)47-37-31-36(32-38(33-37)48-42(53)30-26-21-19-17-15-13-11-9-7-2)43-44(45(54)46(3,4)5)51-40(49-43)34-39(50-51)35-27-23-22-24-28-35/h22-24,27-28,31-34,50H,6-21,25-26,29-30H2,1-5H3,(H,47,52)(H,48,53). The summed E-state index contributed by atoms with van der Waals surface area (Å²) in [7, 11) is 0. The minimum Gasteiger partial charge on any atom is -0.326 e. The molecule has 2 heterocycles. The van der Waals surface area contributed by atoms with Crippen LogP contribution >= 0.6 is 0 Å². The Morgan fingerprint density at radius 1 is 0.611 bits per heavy atom. The van der Waals surface area contributed by atoms with E-state index in [1.54, 1.807) is 4.52 Å². The monoisotopic (exact) mass is 738 g/mol. The number of aromatic nitrogens is 3. The Bertz CT molecular complexity index is 1690. The third kappa shape index (κ3) is 13.6. The molecule has 8 heteroatoms. The van der Waals surface area contributed by atoms with E-state index in [1.807, 2.05) is 75.4 Å². The summed E-state index contributed by atoms with van der Waals surface area (Å²) in [5.74, 6) is -0.183. The maximum absolute atomic E-state index is 14.1. The van der Waals surface area contributed by atoms with E-state index in [2.05, 4.69) is 29.6 Å². The third-order valence-electron chi connectivity index (χ3n) is 10.2. The molecule has 0 spiro atoms. The van der Waals surface area contributed by atoms with Gasteiger partial charge in [0.25, 0.3) is 0 Å². The highest BCUT2D eigenvalue weighted by Gasteiger charge is 2.31. The summed E-state index contributed by atoms with van der Waals surface area (Å²) in [4.78, 5) is 45.5. The van der Waals surface area contributed by atoms with Crippen LogP contribution in [-0.4, -0.2) is 32.2 Å². The number of anilines is 2. The van der Waals surface area contributed by atoms with Crippen LogP contribution in [0.2, 0.25) is 0 Å². The van der Waals surface area contributed by atoms with E-state index in [0.29, 0.717) is 46.8 Å². The Balaban J connectivity index is 1.52. The lowest BCUT2D eigenvalue weighted by Crippen LogP contribution is -2.23. The third-order valence-corrected chi connectivity index (χ3v) is 10.2. The molecule has 2 aromatic heterocycles. The second-order valence-electron chi connectivity index (χ2n) is 16.2. The second kappa shape index (κ2) is 22.2. The molecule has 0 bridgehead atoms. The van der Waals surface area contributed by atoms with Crippen LogP contribution < -0.4 is 10.6 Å². The molecule has 2 amide bonds. The van der Waals surface area contributed by atoms with Crippen molar-refractivity contribution in [1.29, 1.82) is 0 Å². The zero-order valence-electron chi connectivity index (χ0n) is 34.0. The number of nitrogens with one attached hydrogen (secondary N) is 3. The normalized spacial score (nSPS) is 11.6. The Kier molecular flexibility index (Phi) is 17.5. The first-order chi connectivity index (χ1) is 26.1. The van der Waals surface area contributed by atoms with E-state index in [1.165, 1.54) is 77.0 Å². The number of ketones is 1. The number of amides is 2. The number of carbonyl (C=O) groups excluding carboxylic acids is 3. The number of fused-ring (bicyclic) bond motifs is 1. The average Bonchev–Trinajstić information content (AvgIpc) is 3.72. The molecule has 0 aliphatic rings. The van der Waals surface area contributed by atoms with Gasteiger partial charge in [-0.15, -0.1) is 0 Å². The number of Topliss-reactive ketones (excluding diaryl/α,β-unsaturated/α-hetero) is 1. The van der Waals surface area contributed by atoms with Crippen LogP contribution in [0.1, 0.15) is 174 Å². The molecule has 0 saturated carbocycles. The van der Waals surface area contributed by atoms with Gasteiger partial charge in [-0.05, 0) is 36.6 Å². The van der Waals surface area contributed by atoms with E-state index in [9.17, 15) is 14.4 Å². The molecular weight excluding hydrogens is 671 g/mol. The fraction of sp³-hybridized carbons (Fsp3) is 0.565. The zero-order chi connectivity index (χ0) is 38.8. The summed E-state index contributed by atoms with van der Waals surface area (Å²) < 4.78 is 1.77. The fourth-order valence-electron chi connectivity index (χ4n) is 7.01. The largest absolute Gasteiger partial charge is 0.326 e. The van der Waals surface area contributed by atoms with Gasteiger partial charge in [-0.25, -0.2) is 9.50 Å². The van der Waals surface area contributed by atoms with Crippen LogP contribution in [0.25, 0.3) is 28.2 Å². The highest BCUT2D eigenvalue weighted by Crippen LogP contribution is 2.35. The minimum atomic E-state index is -0.684. The van der Waals surface area contributed by atoms with Crippen LogP contribution in [0.15, 0.2) is 54.6 Å². The molecule has 294 valence electrons. The Hall–Kier alpha value is -4.20. The summed E-state index contributed by atoms with van der Waals surface area (Å²) in [5.41, 5.74) is 4.52. The van der Waals surface area contributed by atoms with E-state index in [4.69, 9.17) is 4.98 Å². The highest BCUT2D eigenvalue weighted by molar-refractivity contribution is 6.05. The lowest BCUT2D eigenvalue weighted by Gasteiger charge is -2.17. The number of aromatic amines is 1. The predicted octanol–water partition coefficient (Wildman–Crippen LogP) is 12.9. The van der Waals surface area contributed by atoms with Crippen molar-refractivity contribution in [2.45, 2.75) is 163 Å². The predicted molar refractivity (Wildman–Crippen MR) is 225 cm³/mol. The average molecular weight is 738 g/mol. The Morgan fingerprint density at radius 2 is 1.07 bits per heavy atom. The SMILES string of the molecule is CCCCCCCCCCCC(=O)Nc1cc(NC(=O)CCCCCCCCCCC)cc(-c2nc3cc(-c4ccccc4)[nH]n3c2C(=O)C(C)(C)C)c1. The number of hydrogen-bond acceptors (Lipinski definition) is 4. The molecule has 8 nitrogen and oxygen atoms in total. The van der Waals surface area contributed by atoms with Gasteiger partial charge in [0.2, 0.25) is 11.8 Å². The molecule has 3 N–H and O–H groups in total. The molecule has 0 atom stereocenters. The number of imidazole rings is 1. The minimum absolute atomic E-state index is 0.0579. The van der Waals surface area contributed by atoms with E-state index < -0.39 is 5.41 Å². The van der Waals surface area contributed by atoms with Gasteiger partial charge < -0.3 is 10.6 Å². The number of nitrogens with zero attached hydrogens (tertiary/aromatic N) is 2. The van der Waals surface area contributed by atoms with E-state index >= 15 is 0 Å². The molecular formula is C46H67N5O3. The summed E-state index contributed by atoms with van der Waals surface area (Å²) >= 11 is 0. The summed E-state index contributed by atoms with van der Waals surface area (Å²) in [6.45, 7) is 10.2. The first kappa shape index (κ1) is 42.5. The van der Waals surface area contributed by atoms with Crippen molar-refractivity contribution in [2.24, 2.45) is 5.41 Å². The maximum atomic E-state index is 14.1. The molecule has 0 radical (unpaired) electrons. The van der Waals surface area contributed by atoms with Crippen LogP contribution in [0.4, 0.5) is 11.4 Å². The van der Waals surface area contributed by atoms with E-state index in [-0.39, 0.29) is 17.6 Å². The van der Waals surface area contributed by atoms with Crippen molar-refractivity contribution in [1.82, 2.24) is 14.6 Å². The van der Waals surface area contributed by atoms with Gasteiger partial charge in [0.05, 0.1) is 5.69 Å². The molecule has 0 aliphatic heterocycles. The number of unbranched alkanes of at least 4 members (excludes halogenated alkanes) is 16. The Morgan fingerprint density at radius 3 is 1.54 bits per heavy atom. The maximum Gasteiger partial charge on any atom is 0.224 e. The Labute approximate surface area is 324 Å². The smallest absolute Gasteiger partial charge is 0.224 e.